The van der Waals surface area contributed by atoms with Gasteiger partial charge in [0.1, 0.15) is 0 Å². The molecular formula is C10H15NO2. The summed E-state index contributed by atoms with van der Waals surface area (Å²) in [7, 11) is 0. The van der Waals surface area contributed by atoms with Crippen LogP contribution in [0.3, 0.4) is 0 Å². The van der Waals surface area contributed by atoms with Gasteiger partial charge in [-0.15, -0.1) is 0 Å². The van der Waals surface area contributed by atoms with Crippen LogP contribution >= 0.6 is 0 Å². The van der Waals surface area contributed by atoms with E-state index in [1.54, 1.807) is 24.5 Å². The molecule has 0 saturated heterocycles. The zero-order valence-corrected chi connectivity index (χ0v) is 7.90. The Bertz CT molecular complexity index is 273. The quantitative estimate of drug-likeness (QED) is 0.641. The van der Waals surface area contributed by atoms with Crippen molar-refractivity contribution in [3.05, 3.63) is 34.7 Å². The molecule has 0 spiro atoms. The smallest absolute Gasteiger partial charge is 0.181 e. The van der Waals surface area contributed by atoms with Gasteiger partial charge in [0, 0.05) is 37.7 Å². The Labute approximate surface area is 78.0 Å². The SMILES string of the molecule is CCCOCCn1ccc(=O)cc1. The van der Waals surface area contributed by atoms with Gasteiger partial charge in [0.25, 0.3) is 0 Å². The number of hydrogen-bond acceptors (Lipinski definition) is 2. The fourth-order valence-electron chi connectivity index (χ4n) is 1.01. The summed E-state index contributed by atoms with van der Waals surface area (Å²) in [5.74, 6) is 0. The van der Waals surface area contributed by atoms with Gasteiger partial charge in [-0.25, -0.2) is 0 Å². The highest BCUT2D eigenvalue weighted by Crippen LogP contribution is 1.86. The summed E-state index contributed by atoms with van der Waals surface area (Å²) in [6, 6.07) is 3.11. The maximum Gasteiger partial charge on any atom is 0.181 e. The molecular weight excluding hydrogens is 166 g/mol. The van der Waals surface area contributed by atoms with Crippen molar-refractivity contribution in [2.24, 2.45) is 0 Å². The van der Waals surface area contributed by atoms with Gasteiger partial charge in [0.05, 0.1) is 6.61 Å². The zero-order valence-electron chi connectivity index (χ0n) is 7.90. The Morgan fingerprint density at radius 3 is 2.62 bits per heavy atom. The van der Waals surface area contributed by atoms with Gasteiger partial charge in [-0.05, 0) is 6.42 Å². The Hall–Kier alpha value is -1.09. The van der Waals surface area contributed by atoms with E-state index < -0.39 is 0 Å². The second kappa shape index (κ2) is 5.54. The van der Waals surface area contributed by atoms with Gasteiger partial charge in [0.2, 0.25) is 0 Å². The summed E-state index contributed by atoms with van der Waals surface area (Å²) >= 11 is 0. The predicted molar refractivity (Wildman–Crippen MR) is 51.8 cm³/mol. The number of nitrogens with zero attached hydrogens (tertiary/aromatic N) is 1. The molecule has 0 unspecified atom stereocenters. The fraction of sp³-hybridized carbons (Fsp3) is 0.500. The first kappa shape index (κ1) is 9.99. The van der Waals surface area contributed by atoms with E-state index in [-0.39, 0.29) is 5.43 Å². The van der Waals surface area contributed by atoms with Crippen LogP contribution in [-0.2, 0) is 11.3 Å². The van der Waals surface area contributed by atoms with Crippen molar-refractivity contribution in [1.82, 2.24) is 4.57 Å². The summed E-state index contributed by atoms with van der Waals surface area (Å²) in [5.41, 5.74) is 0.0470. The number of aromatic nitrogens is 1. The Kier molecular flexibility index (Phi) is 4.26. The van der Waals surface area contributed by atoms with E-state index in [2.05, 4.69) is 6.92 Å². The predicted octanol–water partition coefficient (Wildman–Crippen LogP) is 1.27. The minimum absolute atomic E-state index is 0.0470. The van der Waals surface area contributed by atoms with Crippen molar-refractivity contribution in [3.8, 4) is 0 Å². The first-order valence-electron chi connectivity index (χ1n) is 4.57. The molecule has 0 atom stereocenters. The Morgan fingerprint density at radius 1 is 1.31 bits per heavy atom. The summed E-state index contributed by atoms with van der Waals surface area (Å²) < 4.78 is 7.26. The van der Waals surface area contributed by atoms with Crippen LogP contribution in [0.2, 0.25) is 0 Å². The molecule has 1 aromatic heterocycles. The zero-order chi connectivity index (χ0) is 9.52. The van der Waals surface area contributed by atoms with Crippen molar-refractivity contribution in [2.45, 2.75) is 19.9 Å². The number of rotatable bonds is 5. The minimum atomic E-state index is 0.0470. The molecule has 1 heterocycles. The largest absolute Gasteiger partial charge is 0.380 e. The molecule has 0 amide bonds. The van der Waals surface area contributed by atoms with Gasteiger partial charge in [-0.2, -0.15) is 0 Å². The van der Waals surface area contributed by atoms with Crippen LogP contribution in [0.1, 0.15) is 13.3 Å². The van der Waals surface area contributed by atoms with Crippen LogP contribution in [0.15, 0.2) is 29.3 Å². The van der Waals surface area contributed by atoms with E-state index in [1.165, 1.54) is 0 Å². The van der Waals surface area contributed by atoms with Crippen molar-refractivity contribution in [2.75, 3.05) is 13.2 Å². The first-order chi connectivity index (χ1) is 6.33. The maximum atomic E-state index is 10.8. The molecule has 0 bridgehead atoms. The average molecular weight is 181 g/mol. The Balaban J connectivity index is 2.29. The molecule has 1 rings (SSSR count). The van der Waals surface area contributed by atoms with E-state index in [9.17, 15) is 4.79 Å². The molecule has 1 aromatic rings. The number of ether oxygens (including phenoxy) is 1. The van der Waals surface area contributed by atoms with Crippen LogP contribution in [-0.4, -0.2) is 17.8 Å². The lowest BCUT2D eigenvalue weighted by Gasteiger charge is -2.05. The highest BCUT2D eigenvalue weighted by Gasteiger charge is 1.89. The maximum absolute atomic E-state index is 10.8. The molecule has 0 radical (unpaired) electrons. The monoisotopic (exact) mass is 181 g/mol. The number of hydrogen-bond donors (Lipinski definition) is 0. The molecule has 3 heteroatoms. The van der Waals surface area contributed by atoms with E-state index in [4.69, 9.17) is 4.74 Å². The van der Waals surface area contributed by atoms with Gasteiger partial charge < -0.3 is 9.30 Å². The highest BCUT2D eigenvalue weighted by molar-refractivity contribution is 4.93. The molecule has 0 aliphatic rings. The third kappa shape index (κ3) is 3.90. The molecule has 0 aliphatic heterocycles. The molecule has 0 aromatic carbocycles. The van der Waals surface area contributed by atoms with Crippen molar-refractivity contribution < 1.29 is 4.74 Å². The van der Waals surface area contributed by atoms with Gasteiger partial charge in [-0.3, -0.25) is 4.79 Å². The summed E-state index contributed by atoms with van der Waals surface area (Å²) in [6.45, 7) is 4.40. The molecule has 0 N–H and O–H groups in total. The van der Waals surface area contributed by atoms with Crippen LogP contribution in [0.25, 0.3) is 0 Å². The fourth-order valence-corrected chi connectivity index (χ4v) is 1.01. The van der Waals surface area contributed by atoms with Gasteiger partial charge in [0.15, 0.2) is 5.43 Å². The van der Waals surface area contributed by atoms with Crippen molar-refractivity contribution in [1.29, 1.82) is 0 Å². The second-order valence-corrected chi connectivity index (χ2v) is 2.88. The van der Waals surface area contributed by atoms with E-state index in [0.29, 0.717) is 6.61 Å². The molecule has 0 fully saturated rings. The molecule has 0 aliphatic carbocycles. The van der Waals surface area contributed by atoms with E-state index in [0.717, 1.165) is 19.6 Å². The molecule has 3 nitrogen and oxygen atoms in total. The van der Waals surface area contributed by atoms with Crippen molar-refractivity contribution >= 4 is 0 Å². The summed E-state index contributed by atoms with van der Waals surface area (Å²) in [5, 5.41) is 0. The standard InChI is InChI=1S/C10H15NO2/c1-2-8-13-9-7-11-5-3-10(12)4-6-11/h3-6H,2,7-9H2,1H3. The van der Waals surface area contributed by atoms with Crippen molar-refractivity contribution in [3.63, 3.8) is 0 Å². The third-order valence-corrected chi connectivity index (χ3v) is 1.70. The Morgan fingerprint density at radius 2 is 2.00 bits per heavy atom. The number of pyridine rings is 1. The average Bonchev–Trinajstić information content (AvgIpc) is 2.15. The summed E-state index contributed by atoms with van der Waals surface area (Å²) in [4.78, 5) is 10.8. The molecule has 0 saturated carbocycles. The lowest BCUT2D eigenvalue weighted by atomic mass is 10.4. The lowest BCUT2D eigenvalue weighted by molar-refractivity contribution is 0.127. The van der Waals surface area contributed by atoms with Gasteiger partial charge >= 0.3 is 0 Å². The summed E-state index contributed by atoms with van der Waals surface area (Å²) in [6.07, 6.45) is 4.60. The second-order valence-electron chi connectivity index (χ2n) is 2.88. The van der Waals surface area contributed by atoms with Crippen LogP contribution < -0.4 is 5.43 Å². The normalized spacial score (nSPS) is 10.2. The van der Waals surface area contributed by atoms with Crippen LogP contribution in [0.5, 0.6) is 0 Å². The lowest BCUT2D eigenvalue weighted by Crippen LogP contribution is -2.08. The third-order valence-electron chi connectivity index (χ3n) is 1.70. The van der Waals surface area contributed by atoms with E-state index >= 15 is 0 Å². The van der Waals surface area contributed by atoms with Crippen LogP contribution in [0, 0.1) is 0 Å². The first-order valence-corrected chi connectivity index (χ1v) is 4.57. The topological polar surface area (TPSA) is 31.2 Å². The molecule has 72 valence electrons. The molecule has 13 heavy (non-hydrogen) atoms. The van der Waals surface area contributed by atoms with Gasteiger partial charge in [-0.1, -0.05) is 6.92 Å². The highest BCUT2D eigenvalue weighted by atomic mass is 16.5. The van der Waals surface area contributed by atoms with E-state index in [1.807, 2.05) is 4.57 Å². The van der Waals surface area contributed by atoms with Crippen LogP contribution in [0.4, 0.5) is 0 Å². The minimum Gasteiger partial charge on any atom is -0.380 e.